The zero-order chi connectivity index (χ0) is 14.0. The van der Waals surface area contributed by atoms with Crippen molar-refractivity contribution in [1.82, 2.24) is 10.2 Å². The van der Waals surface area contributed by atoms with Crippen molar-refractivity contribution in [3.05, 3.63) is 29.3 Å². The molecule has 1 amide bonds. The summed E-state index contributed by atoms with van der Waals surface area (Å²) in [5, 5.41) is 10.9. The van der Waals surface area contributed by atoms with Crippen LogP contribution in [-0.2, 0) is 4.79 Å². The molecule has 0 aliphatic rings. The van der Waals surface area contributed by atoms with Crippen LogP contribution in [0, 0.1) is 5.41 Å². The number of nitrogens with zero attached hydrogens (tertiary/aromatic N) is 2. The first-order valence-corrected chi connectivity index (χ1v) is 6.15. The van der Waals surface area contributed by atoms with Crippen molar-refractivity contribution in [2.75, 3.05) is 5.32 Å². The van der Waals surface area contributed by atoms with Gasteiger partial charge in [-0.15, -0.1) is 5.10 Å². The van der Waals surface area contributed by atoms with E-state index in [1.54, 1.807) is 45.0 Å². The molecule has 0 atom stereocenters. The number of benzene rings is 1. The Kier molecular flexibility index (Phi) is 3.57. The molecule has 100 valence electrons. The van der Waals surface area contributed by atoms with Crippen molar-refractivity contribution >= 4 is 23.5 Å². The number of halogens is 1. The molecule has 2 rings (SSSR count). The SMILES string of the molecule is CC(C)(C)C(=O)Nc1nnc(-c2ccc(Cl)cc2)o1. The van der Waals surface area contributed by atoms with E-state index in [1.807, 2.05) is 0 Å². The molecule has 1 N–H and O–H groups in total. The monoisotopic (exact) mass is 279 g/mol. The second kappa shape index (κ2) is 5.01. The maximum atomic E-state index is 11.8. The third-order valence-corrected chi connectivity index (χ3v) is 2.67. The van der Waals surface area contributed by atoms with E-state index in [0.29, 0.717) is 10.9 Å². The van der Waals surface area contributed by atoms with E-state index in [9.17, 15) is 4.79 Å². The Morgan fingerprint density at radius 2 is 1.84 bits per heavy atom. The largest absolute Gasteiger partial charge is 0.403 e. The van der Waals surface area contributed by atoms with Crippen LogP contribution in [0.5, 0.6) is 0 Å². The first kappa shape index (κ1) is 13.5. The van der Waals surface area contributed by atoms with Crippen molar-refractivity contribution in [3.63, 3.8) is 0 Å². The molecule has 0 fully saturated rings. The van der Waals surface area contributed by atoms with Crippen LogP contribution < -0.4 is 5.32 Å². The van der Waals surface area contributed by atoms with E-state index in [0.717, 1.165) is 5.56 Å². The Morgan fingerprint density at radius 3 is 2.42 bits per heavy atom. The van der Waals surface area contributed by atoms with Gasteiger partial charge in [0.05, 0.1) is 0 Å². The van der Waals surface area contributed by atoms with Crippen molar-refractivity contribution in [2.45, 2.75) is 20.8 Å². The Labute approximate surface area is 116 Å². The molecule has 1 aromatic heterocycles. The van der Waals surface area contributed by atoms with E-state index in [1.165, 1.54) is 0 Å². The number of anilines is 1. The van der Waals surface area contributed by atoms with Crippen LogP contribution in [0.3, 0.4) is 0 Å². The van der Waals surface area contributed by atoms with Gasteiger partial charge < -0.3 is 4.42 Å². The molecule has 6 heteroatoms. The van der Waals surface area contributed by atoms with Crippen LogP contribution in [0.25, 0.3) is 11.5 Å². The van der Waals surface area contributed by atoms with Crippen LogP contribution in [0.4, 0.5) is 6.01 Å². The predicted molar refractivity (Wildman–Crippen MR) is 72.8 cm³/mol. The number of hydrogen-bond donors (Lipinski definition) is 1. The normalized spacial score (nSPS) is 11.4. The van der Waals surface area contributed by atoms with E-state index in [2.05, 4.69) is 15.5 Å². The minimum Gasteiger partial charge on any atom is -0.403 e. The molecule has 0 aliphatic carbocycles. The van der Waals surface area contributed by atoms with Gasteiger partial charge in [-0.05, 0) is 24.3 Å². The quantitative estimate of drug-likeness (QED) is 0.915. The fourth-order valence-electron chi connectivity index (χ4n) is 1.27. The van der Waals surface area contributed by atoms with Gasteiger partial charge in [0.2, 0.25) is 11.8 Å². The second-order valence-corrected chi connectivity index (χ2v) is 5.56. The van der Waals surface area contributed by atoms with E-state index < -0.39 is 5.41 Å². The standard InChI is InChI=1S/C13H14ClN3O2/c1-13(2,3)11(18)15-12-17-16-10(19-12)8-4-6-9(14)7-5-8/h4-7H,1-3H3,(H,15,17,18). The average molecular weight is 280 g/mol. The van der Waals surface area contributed by atoms with Gasteiger partial charge in [-0.3, -0.25) is 10.1 Å². The molecule has 0 saturated carbocycles. The Hall–Kier alpha value is -1.88. The molecule has 0 aliphatic heterocycles. The molecule has 1 heterocycles. The fraction of sp³-hybridized carbons (Fsp3) is 0.308. The van der Waals surface area contributed by atoms with Gasteiger partial charge in [-0.2, -0.15) is 0 Å². The van der Waals surface area contributed by atoms with Crippen molar-refractivity contribution < 1.29 is 9.21 Å². The molecule has 5 nitrogen and oxygen atoms in total. The molecule has 0 bridgehead atoms. The summed E-state index contributed by atoms with van der Waals surface area (Å²) in [5.41, 5.74) is 0.225. The number of carbonyl (C=O) groups excluding carboxylic acids is 1. The van der Waals surface area contributed by atoms with Crippen LogP contribution in [-0.4, -0.2) is 16.1 Å². The summed E-state index contributed by atoms with van der Waals surface area (Å²) < 4.78 is 5.38. The summed E-state index contributed by atoms with van der Waals surface area (Å²) >= 11 is 5.80. The summed E-state index contributed by atoms with van der Waals surface area (Å²) in [5.74, 6) is 0.152. The highest BCUT2D eigenvalue weighted by atomic mass is 35.5. The number of hydrogen-bond acceptors (Lipinski definition) is 4. The number of aromatic nitrogens is 2. The lowest BCUT2D eigenvalue weighted by Gasteiger charge is -2.15. The molecule has 1 aromatic carbocycles. The van der Waals surface area contributed by atoms with Crippen LogP contribution in [0.2, 0.25) is 5.02 Å². The molecule has 0 saturated heterocycles. The first-order valence-electron chi connectivity index (χ1n) is 5.77. The summed E-state index contributed by atoms with van der Waals surface area (Å²) in [6.45, 7) is 5.41. The van der Waals surface area contributed by atoms with Crippen molar-refractivity contribution in [2.24, 2.45) is 5.41 Å². The van der Waals surface area contributed by atoms with Gasteiger partial charge in [-0.1, -0.05) is 37.5 Å². The molecular formula is C13H14ClN3O2. The van der Waals surface area contributed by atoms with Gasteiger partial charge >= 0.3 is 6.01 Å². The van der Waals surface area contributed by atoms with Gasteiger partial charge in [0.15, 0.2) is 0 Å². The number of amides is 1. The Morgan fingerprint density at radius 1 is 1.21 bits per heavy atom. The summed E-state index contributed by atoms with van der Waals surface area (Å²) in [6.07, 6.45) is 0. The fourth-order valence-corrected chi connectivity index (χ4v) is 1.39. The lowest BCUT2D eigenvalue weighted by atomic mass is 9.96. The lowest BCUT2D eigenvalue weighted by molar-refractivity contribution is -0.123. The van der Waals surface area contributed by atoms with Crippen LogP contribution >= 0.6 is 11.6 Å². The minimum absolute atomic E-state index is 0.0878. The van der Waals surface area contributed by atoms with Gasteiger partial charge in [0, 0.05) is 16.0 Å². The highest BCUT2D eigenvalue weighted by Gasteiger charge is 2.23. The Bertz CT molecular complexity index is 585. The lowest BCUT2D eigenvalue weighted by Crippen LogP contribution is -2.27. The third kappa shape index (κ3) is 3.32. The third-order valence-electron chi connectivity index (χ3n) is 2.42. The summed E-state index contributed by atoms with van der Waals surface area (Å²) in [6, 6.07) is 7.09. The highest BCUT2D eigenvalue weighted by molar-refractivity contribution is 6.30. The summed E-state index contributed by atoms with van der Waals surface area (Å²) in [7, 11) is 0. The molecule has 0 spiro atoms. The van der Waals surface area contributed by atoms with Crippen molar-refractivity contribution in [1.29, 1.82) is 0 Å². The first-order chi connectivity index (χ1) is 8.86. The molecule has 0 radical (unpaired) electrons. The smallest absolute Gasteiger partial charge is 0.322 e. The maximum Gasteiger partial charge on any atom is 0.322 e. The molecule has 0 unspecified atom stereocenters. The van der Waals surface area contributed by atoms with Crippen LogP contribution in [0.1, 0.15) is 20.8 Å². The van der Waals surface area contributed by atoms with Crippen molar-refractivity contribution in [3.8, 4) is 11.5 Å². The van der Waals surface area contributed by atoms with E-state index in [4.69, 9.17) is 16.0 Å². The van der Waals surface area contributed by atoms with E-state index in [-0.39, 0.29) is 11.9 Å². The highest BCUT2D eigenvalue weighted by Crippen LogP contribution is 2.23. The van der Waals surface area contributed by atoms with E-state index >= 15 is 0 Å². The maximum absolute atomic E-state index is 11.8. The molecule has 2 aromatic rings. The second-order valence-electron chi connectivity index (χ2n) is 5.12. The van der Waals surface area contributed by atoms with Gasteiger partial charge in [-0.25, -0.2) is 0 Å². The predicted octanol–water partition coefficient (Wildman–Crippen LogP) is 3.37. The average Bonchev–Trinajstić information content (AvgIpc) is 2.77. The molecular weight excluding hydrogens is 266 g/mol. The molecule has 19 heavy (non-hydrogen) atoms. The van der Waals surface area contributed by atoms with Gasteiger partial charge in [0.1, 0.15) is 0 Å². The minimum atomic E-state index is -0.519. The summed E-state index contributed by atoms with van der Waals surface area (Å²) in [4.78, 5) is 11.8. The number of carbonyl (C=O) groups is 1. The zero-order valence-electron chi connectivity index (χ0n) is 10.9. The van der Waals surface area contributed by atoms with Crippen LogP contribution in [0.15, 0.2) is 28.7 Å². The topological polar surface area (TPSA) is 68.0 Å². The van der Waals surface area contributed by atoms with Gasteiger partial charge in [0.25, 0.3) is 0 Å². The Balaban J connectivity index is 2.16. The number of rotatable bonds is 2. The number of nitrogens with one attached hydrogen (secondary N) is 1. The zero-order valence-corrected chi connectivity index (χ0v) is 11.7.